The molecule has 0 fully saturated rings. The summed E-state index contributed by atoms with van der Waals surface area (Å²) < 4.78 is 25.7. The van der Waals surface area contributed by atoms with Gasteiger partial charge in [-0.05, 0) is 22.4 Å². The van der Waals surface area contributed by atoms with Gasteiger partial charge in [-0.15, -0.1) is 0 Å². The first-order valence-electron chi connectivity index (χ1n) is 5.43. The summed E-state index contributed by atoms with van der Waals surface area (Å²) in [5.74, 6) is 0. The molecule has 1 heterocycles. The predicted octanol–water partition coefficient (Wildman–Crippen LogP) is 1.45. The second-order valence-corrected chi connectivity index (χ2v) is 4.48. The number of rotatable bonds is 6. The van der Waals surface area contributed by atoms with Crippen LogP contribution in [0.15, 0.2) is 15.5 Å². The van der Waals surface area contributed by atoms with E-state index in [1.165, 1.54) is 10.9 Å². The zero-order chi connectivity index (χ0) is 13.7. The number of halogens is 3. The number of aromatic nitrogens is 2. The number of hydrogen-bond donors (Lipinski definition) is 2. The predicted molar refractivity (Wildman–Crippen MR) is 67.0 cm³/mol. The smallest absolute Gasteiger partial charge is 0.283 e. The van der Waals surface area contributed by atoms with Gasteiger partial charge in [-0.25, -0.2) is 13.5 Å². The highest BCUT2D eigenvalue weighted by molar-refractivity contribution is 9.10. The zero-order valence-electron chi connectivity index (χ0n) is 9.74. The molecule has 8 heteroatoms. The van der Waals surface area contributed by atoms with Gasteiger partial charge in [0.15, 0.2) is 0 Å². The van der Waals surface area contributed by atoms with Crippen molar-refractivity contribution in [1.82, 2.24) is 9.78 Å². The average Bonchev–Trinajstić information content (AvgIpc) is 2.33. The van der Waals surface area contributed by atoms with E-state index in [4.69, 9.17) is 5.11 Å². The Morgan fingerprint density at radius 2 is 2.28 bits per heavy atom. The molecule has 0 saturated heterocycles. The van der Waals surface area contributed by atoms with Crippen LogP contribution in [0.5, 0.6) is 0 Å². The fourth-order valence-corrected chi connectivity index (χ4v) is 1.71. The van der Waals surface area contributed by atoms with E-state index >= 15 is 0 Å². The highest BCUT2D eigenvalue weighted by Crippen LogP contribution is 2.16. The molecule has 18 heavy (non-hydrogen) atoms. The van der Waals surface area contributed by atoms with E-state index in [9.17, 15) is 13.6 Å². The topological polar surface area (TPSA) is 67.2 Å². The minimum atomic E-state index is -2.83. The molecule has 102 valence electrons. The first-order chi connectivity index (χ1) is 8.47. The average molecular weight is 326 g/mol. The number of nitrogens with one attached hydrogen (secondary N) is 1. The maximum absolute atomic E-state index is 12.1. The number of alkyl halides is 2. The number of aliphatic hydroxyl groups is 1. The Morgan fingerprint density at radius 3 is 2.83 bits per heavy atom. The van der Waals surface area contributed by atoms with Gasteiger partial charge in [-0.2, -0.15) is 5.10 Å². The summed E-state index contributed by atoms with van der Waals surface area (Å²) >= 11 is 3.08. The van der Waals surface area contributed by atoms with Crippen LogP contribution in [-0.4, -0.2) is 34.0 Å². The van der Waals surface area contributed by atoms with E-state index < -0.39 is 12.5 Å². The highest BCUT2D eigenvalue weighted by Gasteiger charge is 2.17. The lowest BCUT2D eigenvalue weighted by molar-refractivity contribution is 0.00383. The lowest BCUT2D eigenvalue weighted by Gasteiger charge is -2.13. The van der Waals surface area contributed by atoms with Gasteiger partial charge in [0.1, 0.15) is 10.6 Å². The molecule has 0 bridgehead atoms. The standard InChI is InChI=1S/C10H14BrF2N3O2/c1-2-3-16-10(18)8(11)6(4-15-16)14-5-7(17)9(12)13/h4,7,9,14,17H,2-3,5H2,1H3. The van der Waals surface area contributed by atoms with E-state index in [1.807, 2.05) is 6.92 Å². The van der Waals surface area contributed by atoms with Crippen LogP contribution in [0.2, 0.25) is 0 Å². The molecule has 1 unspecified atom stereocenters. The Labute approximate surface area is 111 Å². The lowest BCUT2D eigenvalue weighted by Crippen LogP contribution is -2.29. The van der Waals surface area contributed by atoms with Gasteiger partial charge in [0, 0.05) is 13.1 Å². The van der Waals surface area contributed by atoms with Gasteiger partial charge >= 0.3 is 0 Å². The third-order valence-electron chi connectivity index (χ3n) is 2.21. The molecular formula is C10H14BrF2N3O2. The first kappa shape index (κ1) is 15.0. The van der Waals surface area contributed by atoms with Gasteiger partial charge in [-0.1, -0.05) is 6.92 Å². The van der Waals surface area contributed by atoms with Gasteiger partial charge < -0.3 is 10.4 Å². The van der Waals surface area contributed by atoms with Crippen molar-refractivity contribution in [2.45, 2.75) is 32.4 Å². The van der Waals surface area contributed by atoms with Crippen molar-refractivity contribution >= 4 is 21.6 Å². The third kappa shape index (κ3) is 3.74. The van der Waals surface area contributed by atoms with E-state index in [1.54, 1.807) is 0 Å². The summed E-state index contributed by atoms with van der Waals surface area (Å²) in [6.45, 7) is 2.04. The van der Waals surface area contributed by atoms with Crippen LogP contribution in [-0.2, 0) is 6.54 Å². The number of aryl methyl sites for hydroxylation is 1. The summed E-state index contributed by atoms with van der Waals surface area (Å²) in [6.07, 6.45) is -2.49. The third-order valence-corrected chi connectivity index (χ3v) is 2.98. The molecule has 2 N–H and O–H groups in total. The quantitative estimate of drug-likeness (QED) is 0.830. The molecular weight excluding hydrogens is 312 g/mol. The second kappa shape index (κ2) is 6.79. The summed E-state index contributed by atoms with van der Waals surface area (Å²) in [4.78, 5) is 11.8. The van der Waals surface area contributed by atoms with Crippen molar-refractivity contribution in [2.24, 2.45) is 0 Å². The molecule has 0 radical (unpaired) electrons. The van der Waals surface area contributed by atoms with Gasteiger partial charge in [-0.3, -0.25) is 4.79 Å². The van der Waals surface area contributed by atoms with Crippen molar-refractivity contribution in [3.8, 4) is 0 Å². The fraction of sp³-hybridized carbons (Fsp3) is 0.600. The van der Waals surface area contributed by atoms with Gasteiger partial charge in [0.05, 0.1) is 11.9 Å². The van der Waals surface area contributed by atoms with Gasteiger partial charge in [0.2, 0.25) is 0 Å². The molecule has 1 aromatic heterocycles. The zero-order valence-corrected chi connectivity index (χ0v) is 11.3. The molecule has 0 aliphatic rings. The molecule has 1 rings (SSSR count). The van der Waals surface area contributed by atoms with E-state index in [2.05, 4.69) is 26.3 Å². The highest BCUT2D eigenvalue weighted by atomic mass is 79.9. The molecule has 0 aromatic carbocycles. The summed E-state index contributed by atoms with van der Waals surface area (Å²) in [5, 5.41) is 15.4. The summed E-state index contributed by atoms with van der Waals surface area (Å²) in [6, 6.07) is 0. The van der Waals surface area contributed by atoms with Crippen molar-refractivity contribution < 1.29 is 13.9 Å². The molecule has 0 spiro atoms. The van der Waals surface area contributed by atoms with Gasteiger partial charge in [0.25, 0.3) is 12.0 Å². The Kier molecular flexibility index (Phi) is 5.67. The monoisotopic (exact) mass is 325 g/mol. The number of nitrogens with zero attached hydrogens (tertiary/aromatic N) is 2. The Morgan fingerprint density at radius 1 is 1.61 bits per heavy atom. The van der Waals surface area contributed by atoms with E-state index in [0.29, 0.717) is 6.54 Å². The van der Waals surface area contributed by atoms with Crippen molar-refractivity contribution in [1.29, 1.82) is 0 Å². The Hall–Kier alpha value is -1.02. The Balaban J connectivity index is 2.79. The molecule has 1 aromatic rings. The molecule has 5 nitrogen and oxygen atoms in total. The number of hydrogen-bond acceptors (Lipinski definition) is 4. The van der Waals surface area contributed by atoms with Crippen LogP contribution in [0.4, 0.5) is 14.5 Å². The van der Waals surface area contributed by atoms with Crippen LogP contribution in [0.1, 0.15) is 13.3 Å². The van der Waals surface area contributed by atoms with Crippen LogP contribution >= 0.6 is 15.9 Å². The first-order valence-corrected chi connectivity index (χ1v) is 6.22. The normalized spacial score (nSPS) is 12.8. The Bertz CT molecular complexity index is 453. The maximum atomic E-state index is 12.1. The van der Waals surface area contributed by atoms with Crippen molar-refractivity contribution in [3.63, 3.8) is 0 Å². The summed E-state index contributed by atoms with van der Waals surface area (Å²) in [7, 11) is 0. The minimum absolute atomic E-state index is 0.215. The molecule has 1 atom stereocenters. The van der Waals surface area contributed by atoms with Crippen molar-refractivity contribution in [3.05, 3.63) is 21.0 Å². The number of aliphatic hydroxyl groups excluding tert-OH is 1. The van der Waals surface area contributed by atoms with E-state index in [0.717, 1.165) is 6.42 Å². The molecule has 0 aliphatic carbocycles. The molecule has 0 aliphatic heterocycles. The largest absolute Gasteiger partial charge is 0.385 e. The van der Waals surface area contributed by atoms with Crippen LogP contribution in [0.3, 0.4) is 0 Å². The molecule has 0 amide bonds. The van der Waals surface area contributed by atoms with Crippen LogP contribution in [0.25, 0.3) is 0 Å². The maximum Gasteiger partial charge on any atom is 0.283 e. The second-order valence-electron chi connectivity index (χ2n) is 3.68. The molecule has 0 saturated carbocycles. The SMILES string of the molecule is CCCn1ncc(NCC(O)C(F)F)c(Br)c1=O. The number of anilines is 1. The lowest BCUT2D eigenvalue weighted by atomic mass is 10.3. The van der Waals surface area contributed by atoms with Crippen LogP contribution in [0, 0.1) is 0 Å². The van der Waals surface area contributed by atoms with E-state index in [-0.39, 0.29) is 22.3 Å². The summed E-state index contributed by atoms with van der Waals surface area (Å²) in [5.41, 5.74) is -0.0551. The minimum Gasteiger partial charge on any atom is -0.385 e. The van der Waals surface area contributed by atoms with Crippen LogP contribution < -0.4 is 10.9 Å². The van der Waals surface area contributed by atoms with Crippen molar-refractivity contribution in [2.75, 3.05) is 11.9 Å². The fourth-order valence-electron chi connectivity index (χ4n) is 1.26.